The molecule has 2 heteroatoms. The first-order valence-corrected chi connectivity index (χ1v) is 9.97. The summed E-state index contributed by atoms with van der Waals surface area (Å²) < 4.78 is 1.47. The van der Waals surface area contributed by atoms with Gasteiger partial charge in [0.2, 0.25) is 0 Å². The first kappa shape index (κ1) is 18.0. The molecule has 1 saturated heterocycles. The number of nitrogens with zero attached hydrogens (tertiary/aromatic N) is 1. The summed E-state index contributed by atoms with van der Waals surface area (Å²) >= 11 is 2.92. The molecule has 0 amide bonds. The van der Waals surface area contributed by atoms with Crippen LogP contribution in [0, 0.1) is 32.6 Å². The standard InChI is InChI=1S/C22H29N.Ru/c1-16(2)20-10-6-7-11-22(20,23-12-8-9-13-23)21-18(4)14-17(3)15-19(21)5;/h6-7,10-11,14-16,20H,8-9,12H2,1-5H3;. The molecule has 0 aromatic heterocycles. The van der Waals surface area contributed by atoms with E-state index >= 15 is 0 Å². The Balaban J connectivity index is 2.29. The maximum absolute atomic E-state index is 2.92. The van der Waals surface area contributed by atoms with Gasteiger partial charge in [-0.2, -0.15) is 0 Å². The van der Waals surface area contributed by atoms with Gasteiger partial charge in [0, 0.05) is 0 Å². The van der Waals surface area contributed by atoms with Gasteiger partial charge in [0.1, 0.15) is 0 Å². The molecule has 0 radical (unpaired) electrons. The van der Waals surface area contributed by atoms with Crippen LogP contribution in [0.3, 0.4) is 0 Å². The zero-order chi connectivity index (χ0) is 17.5. The van der Waals surface area contributed by atoms with Crippen molar-refractivity contribution in [3.8, 4) is 0 Å². The van der Waals surface area contributed by atoms with E-state index in [9.17, 15) is 0 Å². The van der Waals surface area contributed by atoms with Gasteiger partial charge < -0.3 is 0 Å². The first-order valence-electron chi connectivity index (χ1n) is 9.10. The molecule has 1 fully saturated rings. The van der Waals surface area contributed by atoms with Crippen molar-refractivity contribution >= 4 is 4.23 Å². The molecule has 1 aromatic carbocycles. The van der Waals surface area contributed by atoms with Crippen molar-refractivity contribution < 1.29 is 17.9 Å². The van der Waals surface area contributed by atoms with Crippen molar-refractivity contribution in [3.05, 3.63) is 58.7 Å². The summed E-state index contributed by atoms with van der Waals surface area (Å²) in [5.41, 5.74) is 5.66. The molecule has 130 valence electrons. The van der Waals surface area contributed by atoms with Gasteiger partial charge in [-0.05, 0) is 0 Å². The fourth-order valence-electron chi connectivity index (χ4n) is 4.85. The number of benzene rings is 1. The van der Waals surface area contributed by atoms with Gasteiger partial charge in [-0.1, -0.05) is 0 Å². The zero-order valence-electron chi connectivity index (χ0n) is 15.5. The van der Waals surface area contributed by atoms with Crippen molar-refractivity contribution in [3.63, 3.8) is 0 Å². The summed E-state index contributed by atoms with van der Waals surface area (Å²) in [5.74, 6) is 1.07. The van der Waals surface area contributed by atoms with Crippen LogP contribution in [0.2, 0.25) is 0 Å². The molecule has 1 aliphatic carbocycles. The Morgan fingerprint density at radius 2 is 1.79 bits per heavy atom. The van der Waals surface area contributed by atoms with Crippen LogP contribution in [-0.4, -0.2) is 15.7 Å². The SMILES string of the molecule is Cc1cc(C)c(C2(N3CCC[C]3=[Ru])C=CC=CC2C(C)C)c(C)c1. The minimum absolute atomic E-state index is 0.0538. The summed E-state index contributed by atoms with van der Waals surface area (Å²) in [6.45, 7) is 12.7. The molecule has 1 aliphatic heterocycles. The fourth-order valence-corrected chi connectivity index (χ4v) is 5.68. The molecule has 2 atom stereocenters. The summed E-state index contributed by atoms with van der Waals surface area (Å²) in [4.78, 5) is 2.68. The van der Waals surface area contributed by atoms with Crippen molar-refractivity contribution in [1.29, 1.82) is 0 Å². The maximum atomic E-state index is 2.92. The Morgan fingerprint density at radius 1 is 1.12 bits per heavy atom. The third kappa shape index (κ3) is 2.82. The van der Waals surface area contributed by atoms with Crippen LogP contribution in [0.25, 0.3) is 0 Å². The number of rotatable bonds is 3. The number of allylic oxidation sites excluding steroid dienone is 2. The van der Waals surface area contributed by atoms with E-state index in [1.807, 2.05) is 0 Å². The van der Waals surface area contributed by atoms with Crippen LogP contribution < -0.4 is 0 Å². The predicted molar refractivity (Wildman–Crippen MR) is 99.9 cm³/mol. The van der Waals surface area contributed by atoms with Gasteiger partial charge in [0.15, 0.2) is 0 Å². The van der Waals surface area contributed by atoms with E-state index in [0.717, 1.165) is 6.54 Å². The van der Waals surface area contributed by atoms with E-state index in [0.29, 0.717) is 11.8 Å². The molecule has 24 heavy (non-hydrogen) atoms. The fraction of sp³-hybridized carbons (Fsp3) is 0.500. The molecular formula is C22H29NRu. The molecular weight excluding hydrogens is 379 g/mol. The topological polar surface area (TPSA) is 3.24 Å². The van der Waals surface area contributed by atoms with E-state index in [4.69, 9.17) is 0 Å². The molecule has 3 rings (SSSR count). The van der Waals surface area contributed by atoms with E-state index in [1.54, 1.807) is 0 Å². The van der Waals surface area contributed by atoms with Crippen molar-refractivity contribution in [2.45, 2.75) is 53.0 Å². The monoisotopic (exact) mass is 409 g/mol. The van der Waals surface area contributed by atoms with E-state index in [1.165, 1.54) is 39.3 Å². The minimum atomic E-state index is -0.0538. The Hall–Kier alpha value is -0.847. The van der Waals surface area contributed by atoms with Gasteiger partial charge in [-0.3, -0.25) is 0 Å². The third-order valence-electron chi connectivity index (χ3n) is 5.58. The summed E-state index contributed by atoms with van der Waals surface area (Å²) in [5, 5.41) is 0. The second-order valence-corrected chi connectivity index (χ2v) is 8.73. The van der Waals surface area contributed by atoms with Gasteiger partial charge in [0.25, 0.3) is 0 Å². The Bertz CT molecular complexity index is 686. The van der Waals surface area contributed by atoms with Crippen molar-refractivity contribution in [2.24, 2.45) is 11.8 Å². The molecule has 0 bridgehead atoms. The van der Waals surface area contributed by atoms with Crippen LogP contribution in [0.4, 0.5) is 0 Å². The third-order valence-corrected chi connectivity index (χ3v) is 6.48. The molecule has 1 aromatic rings. The van der Waals surface area contributed by atoms with Gasteiger partial charge >= 0.3 is 157 Å². The second kappa shape index (κ2) is 6.81. The van der Waals surface area contributed by atoms with Crippen LogP contribution in [0.5, 0.6) is 0 Å². The van der Waals surface area contributed by atoms with Crippen molar-refractivity contribution in [2.75, 3.05) is 6.54 Å². The molecule has 2 unspecified atom stereocenters. The van der Waals surface area contributed by atoms with Crippen molar-refractivity contribution in [1.82, 2.24) is 4.90 Å². The van der Waals surface area contributed by atoms with Gasteiger partial charge in [-0.25, -0.2) is 0 Å². The average molecular weight is 409 g/mol. The van der Waals surface area contributed by atoms with Gasteiger partial charge in [0.05, 0.1) is 0 Å². The zero-order valence-corrected chi connectivity index (χ0v) is 17.3. The van der Waals surface area contributed by atoms with Crippen LogP contribution in [0.1, 0.15) is 48.9 Å². The first-order chi connectivity index (χ1) is 11.4. The normalized spacial score (nSPS) is 27.5. The number of aryl methyl sites for hydroxylation is 3. The molecule has 2 aliphatic rings. The quantitative estimate of drug-likeness (QED) is 0.638. The Morgan fingerprint density at radius 3 is 2.33 bits per heavy atom. The second-order valence-electron chi connectivity index (χ2n) is 7.73. The number of hydrogen-bond acceptors (Lipinski definition) is 1. The summed E-state index contributed by atoms with van der Waals surface area (Å²) in [7, 11) is 0. The predicted octanol–water partition coefficient (Wildman–Crippen LogP) is 4.98. The van der Waals surface area contributed by atoms with Crippen LogP contribution in [-0.2, 0) is 23.4 Å². The summed E-state index contributed by atoms with van der Waals surface area (Å²) in [6, 6.07) is 4.71. The number of likely N-dealkylation sites (tertiary alicyclic amines) is 1. The van der Waals surface area contributed by atoms with Gasteiger partial charge in [-0.15, -0.1) is 0 Å². The number of hydrogen-bond donors (Lipinski definition) is 0. The molecule has 0 spiro atoms. The Kier molecular flexibility index (Phi) is 5.10. The Labute approximate surface area is 157 Å². The molecule has 1 heterocycles. The van der Waals surface area contributed by atoms with Crippen LogP contribution >= 0.6 is 0 Å². The molecule has 0 saturated carbocycles. The molecule has 1 nitrogen and oxygen atoms in total. The van der Waals surface area contributed by atoms with E-state index < -0.39 is 0 Å². The summed E-state index contributed by atoms with van der Waals surface area (Å²) in [6.07, 6.45) is 11.9. The average Bonchev–Trinajstić information content (AvgIpc) is 2.93. The van der Waals surface area contributed by atoms with E-state index in [-0.39, 0.29) is 5.54 Å². The van der Waals surface area contributed by atoms with E-state index in [2.05, 4.69) is 93.8 Å². The molecule has 0 N–H and O–H groups in total. The van der Waals surface area contributed by atoms with Crippen LogP contribution in [0.15, 0.2) is 36.4 Å².